The number of aryl methyl sites for hydroxylation is 3. The van der Waals surface area contributed by atoms with Crippen LogP contribution in [0.4, 0.5) is 0 Å². The minimum Gasteiger partial charge on any atom is -0.312 e. The lowest BCUT2D eigenvalue weighted by Gasteiger charge is -2.31. The van der Waals surface area contributed by atoms with Crippen LogP contribution in [0.2, 0.25) is 0 Å². The van der Waals surface area contributed by atoms with E-state index < -0.39 is 10.0 Å². The summed E-state index contributed by atoms with van der Waals surface area (Å²) in [6.07, 6.45) is 0. The van der Waals surface area contributed by atoms with Gasteiger partial charge in [-0.1, -0.05) is 17.7 Å². The smallest absolute Gasteiger partial charge is 0.243 e. The molecule has 0 radical (unpaired) electrons. The van der Waals surface area contributed by atoms with Crippen molar-refractivity contribution in [2.75, 3.05) is 19.6 Å². The summed E-state index contributed by atoms with van der Waals surface area (Å²) in [6, 6.07) is 4.08. The first-order valence-electron chi connectivity index (χ1n) is 6.64. The molecule has 1 N–H and O–H groups in total. The number of rotatable bonds is 2. The van der Waals surface area contributed by atoms with Crippen molar-refractivity contribution < 1.29 is 8.42 Å². The standard InChI is InChI=1S/C14H22N2O2S/c1-10-7-11(2)14(12(3)8-10)19(17,18)16-6-5-15-13(4)9-16/h7-8,13,15H,5-6,9H2,1-4H3/t13-/m0/s1. The molecular weight excluding hydrogens is 260 g/mol. The molecular formula is C14H22N2O2S. The first-order valence-corrected chi connectivity index (χ1v) is 8.08. The Morgan fingerprint density at radius 2 is 1.79 bits per heavy atom. The van der Waals surface area contributed by atoms with Gasteiger partial charge in [-0.25, -0.2) is 8.42 Å². The second kappa shape index (κ2) is 5.23. The molecule has 0 aliphatic carbocycles. The molecule has 0 amide bonds. The molecule has 4 nitrogen and oxygen atoms in total. The molecule has 2 rings (SSSR count). The number of benzene rings is 1. The molecule has 1 atom stereocenters. The van der Waals surface area contributed by atoms with Gasteiger partial charge in [0.1, 0.15) is 0 Å². The molecule has 1 aromatic carbocycles. The molecule has 1 aliphatic rings. The number of sulfonamides is 1. The summed E-state index contributed by atoms with van der Waals surface area (Å²) >= 11 is 0. The molecule has 5 heteroatoms. The minimum atomic E-state index is -3.38. The highest BCUT2D eigenvalue weighted by molar-refractivity contribution is 7.89. The van der Waals surface area contributed by atoms with E-state index in [1.807, 2.05) is 39.8 Å². The summed E-state index contributed by atoms with van der Waals surface area (Å²) in [4.78, 5) is 0.479. The lowest BCUT2D eigenvalue weighted by atomic mass is 10.1. The van der Waals surface area contributed by atoms with Gasteiger partial charge in [-0.05, 0) is 38.8 Å². The van der Waals surface area contributed by atoms with Crippen molar-refractivity contribution in [1.29, 1.82) is 0 Å². The lowest BCUT2D eigenvalue weighted by molar-refractivity contribution is 0.310. The van der Waals surface area contributed by atoms with Crippen molar-refractivity contribution in [2.24, 2.45) is 0 Å². The van der Waals surface area contributed by atoms with Crippen molar-refractivity contribution in [2.45, 2.75) is 38.6 Å². The Kier molecular flexibility index (Phi) is 3.99. The van der Waals surface area contributed by atoms with E-state index in [1.54, 1.807) is 4.31 Å². The summed E-state index contributed by atoms with van der Waals surface area (Å²) in [5.74, 6) is 0. The zero-order valence-corrected chi connectivity index (χ0v) is 12.8. The van der Waals surface area contributed by atoms with E-state index in [0.717, 1.165) is 16.7 Å². The fraction of sp³-hybridized carbons (Fsp3) is 0.571. The molecule has 0 unspecified atom stereocenters. The number of hydrogen-bond donors (Lipinski definition) is 1. The van der Waals surface area contributed by atoms with Crippen LogP contribution >= 0.6 is 0 Å². The second-order valence-electron chi connectivity index (χ2n) is 5.45. The van der Waals surface area contributed by atoms with Crippen LogP contribution in [0.25, 0.3) is 0 Å². The fourth-order valence-corrected chi connectivity index (χ4v) is 4.76. The molecule has 1 heterocycles. The topological polar surface area (TPSA) is 49.4 Å². The molecule has 0 bridgehead atoms. The van der Waals surface area contributed by atoms with E-state index in [1.165, 1.54) is 0 Å². The third kappa shape index (κ3) is 2.83. The summed E-state index contributed by atoms with van der Waals surface area (Å²) in [6.45, 7) is 9.54. The Bertz CT molecular complexity index is 558. The van der Waals surface area contributed by atoms with Gasteiger partial charge >= 0.3 is 0 Å². The maximum atomic E-state index is 12.8. The first kappa shape index (κ1) is 14.5. The summed E-state index contributed by atoms with van der Waals surface area (Å²) in [5.41, 5.74) is 2.77. The predicted molar refractivity (Wildman–Crippen MR) is 76.9 cm³/mol. The SMILES string of the molecule is Cc1cc(C)c(S(=O)(=O)N2CCN[C@@H](C)C2)c(C)c1. The minimum absolute atomic E-state index is 0.203. The van der Waals surface area contributed by atoms with Crippen molar-refractivity contribution in [3.8, 4) is 0 Å². The third-order valence-electron chi connectivity index (χ3n) is 3.53. The summed E-state index contributed by atoms with van der Waals surface area (Å²) in [5, 5.41) is 3.27. The van der Waals surface area contributed by atoms with E-state index in [-0.39, 0.29) is 6.04 Å². The molecule has 1 saturated heterocycles. The predicted octanol–water partition coefficient (Wildman–Crippen LogP) is 1.59. The largest absolute Gasteiger partial charge is 0.312 e. The van der Waals surface area contributed by atoms with Crippen LogP contribution in [0.3, 0.4) is 0 Å². The van der Waals surface area contributed by atoms with Gasteiger partial charge in [-0.3, -0.25) is 0 Å². The monoisotopic (exact) mass is 282 g/mol. The van der Waals surface area contributed by atoms with Crippen LogP contribution in [-0.2, 0) is 10.0 Å². The zero-order valence-electron chi connectivity index (χ0n) is 12.0. The van der Waals surface area contributed by atoms with Crippen molar-refractivity contribution in [1.82, 2.24) is 9.62 Å². The second-order valence-corrected chi connectivity index (χ2v) is 7.32. The van der Waals surface area contributed by atoms with Crippen LogP contribution in [-0.4, -0.2) is 38.4 Å². The number of nitrogens with zero attached hydrogens (tertiary/aromatic N) is 1. The van der Waals surface area contributed by atoms with E-state index in [4.69, 9.17) is 0 Å². The normalized spacial score (nSPS) is 21.6. The highest BCUT2D eigenvalue weighted by atomic mass is 32.2. The summed E-state index contributed by atoms with van der Waals surface area (Å²) < 4.78 is 27.2. The highest BCUT2D eigenvalue weighted by Crippen LogP contribution is 2.25. The third-order valence-corrected chi connectivity index (χ3v) is 5.71. The quantitative estimate of drug-likeness (QED) is 0.896. The molecule has 1 fully saturated rings. The first-order chi connectivity index (χ1) is 8.82. The van der Waals surface area contributed by atoms with Gasteiger partial charge in [-0.15, -0.1) is 0 Å². The van der Waals surface area contributed by atoms with Crippen molar-refractivity contribution in [3.63, 3.8) is 0 Å². The fourth-order valence-electron chi connectivity index (χ4n) is 2.82. The van der Waals surface area contributed by atoms with Crippen LogP contribution in [0.15, 0.2) is 17.0 Å². The van der Waals surface area contributed by atoms with Gasteiger partial charge in [0.05, 0.1) is 4.90 Å². The van der Waals surface area contributed by atoms with Crippen molar-refractivity contribution in [3.05, 3.63) is 28.8 Å². The molecule has 106 valence electrons. The molecule has 19 heavy (non-hydrogen) atoms. The van der Waals surface area contributed by atoms with Crippen LogP contribution in [0, 0.1) is 20.8 Å². The van der Waals surface area contributed by atoms with Gasteiger partial charge in [0, 0.05) is 25.7 Å². The van der Waals surface area contributed by atoms with Gasteiger partial charge in [0.15, 0.2) is 0 Å². The maximum Gasteiger partial charge on any atom is 0.243 e. The lowest BCUT2D eigenvalue weighted by Crippen LogP contribution is -2.51. The molecule has 1 aromatic rings. The average molecular weight is 282 g/mol. The number of nitrogens with one attached hydrogen (secondary N) is 1. The molecule has 0 spiro atoms. The van der Waals surface area contributed by atoms with Crippen LogP contribution in [0.5, 0.6) is 0 Å². The van der Waals surface area contributed by atoms with Gasteiger partial charge < -0.3 is 5.32 Å². The Hall–Kier alpha value is -0.910. The average Bonchev–Trinajstić information content (AvgIpc) is 2.26. The zero-order chi connectivity index (χ0) is 14.2. The Balaban J connectivity index is 2.45. The summed E-state index contributed by atoms with van der Waals surface area (Å²) in [7, 11) is -3.38. The number of hydrogen-bond acceptors (Lipinski definition) is 3. The van der Waals surface area contributed by atoms with Gasteiger partial charge in [0.25, 0.3) is 0 Å². The van der Waals surface area contributed by atoms with Gasteiger partial charge in [-0.2, -0.15) is 4.31 Å². The van der Waals surface area contributed by atoms with Crippen molar-refractivity contribution >= 4 is 10.0 Å². The van der Waals surface area contributed by atoms with Gasteiger partial charge in [0.2, 0.25) is 10.0 Å². The Labute approximate surface area is 115 Å². The van der Waals surface area contributed by atoms with E-state index in [2.05, 4.69) is 5.32 Å². The molecule has 1 aliphatic heterocycles. The van der Waals surface area contributed by atoms with E-state index in [0.29, 0.717) is 24.5 Å². The maximum absolute atomic E-state index is 12.8. The van der Waals surface area contributed by atoms with Crippen LogP contribution in [0.1, 0.15) is 23.6 Å². The number of piperazine rings is 1. The van der Waals surface area contributed by atoms with E-state index >= 15 is 0 Å². The van der Waals surface area contributed by atoms with Crippen LogP contribution < -0.4 is 5.32 Å². The molecule has 0 saturated carbocycles. The highest BCUT2D eigenvalue weighted by Gasteiger charge is 2.30. The Morgan fingerprint density at radius 1 is 1.21 bits per heavy atom. The Morgan fingerprint density at radius 3 is 2.32 bits per heavy atom. The molecule has 0 aromatic heterocycles. The van der Waals surface area contributed by atoms with E-state index in [9.17, 15) is 8.42 Å².